The molecule has 100 valence electrons. The minimum absolute atomic E-state index is 0.103. The minimum Gasteiger partial charge on any atom is -0.506 e. The fraction of sp³-hybridized carbons (Fsp3) is 0.300. The second-order valence-electron chi connectivity index (χ2n) is 3.70. The smallest absolute Gasteiger partial charge is 0.251 e. The van der Waals surface area contributed by atoms with Crippen LogP contribution in [0.15, 0.2) is 18.2 Å². The van der Waals surface area contributed by atoms with E-state index in [4.69, 9.17) is 5.73 Å². The van der Waals surface area contributed by atoms with Gasteiger partial charge in [-0.15, -0.1) is 0 Å². The van der Waals surface area contributed by atoms with Gasteiger partial charge in [0.1, 0.15) is 5.75 Å². The highest BCUT2D eigenvalue weighted by Crippen LogP contribution is 2.20. The molecule has 0 aliphatic heterocycles. The number of nitrogens with one attached hydrogen (secondary N) is 2. The number of hydrogen-bond donors (Lipinski definition) is 4. The summed E-state index contributed by atoms with van der Waals surface area (Å²) in [4.78, 5) is 11.6. The first kappa shape index (κ1) is 14.3. The van der Waals surface area contributed by atoms with Gasteiger partial charge in [0.15, 0.2) is 0 Å². The molecule has 1 amide bonds. The molecule has 1 rings (SSSR count). The van der Waals surface area contributed by atoms with Crippen molar-refractivity contribution in [2.75, 3.05) is 25.1 Å². The van der Waals surface area contributed by atoms with Gasteiger partial charge >= 0.3 is 0 Å². The molecule has 0 aliphatic carbocycles. The number of aromatic hydroxyl groups is 1. The summed E-state index contributed by atoms with van der Waals surface area (Å²) in [5, 5.41) is 11.8. The highest BCUT2D eigenvalue weighted by Gasteiger charge is 2.07. The zero-order chi connectivity index (χ0) is 13.8. The Morgan fingerprint density at radius 3 is 2.61 bits per heavy atom. The zero-order valence-electron chi connectivity index (χ0n) is 9.80. The molecule has 7 nitrogen and oxygen atoms in total. The summed E-state index contributed by atoms with van der Waals surface area (Å²) in [7, 11) is -3.26. The van der Waals surface area contributed by atoms with Crippen LogP contribution in [0.25, 0.3) is 0 Å². The molecular weight excluding hydrogens is 258 g/mol. The second-order valence-corrected chi connectivity index (χ2v) is 5.53. The first-order valence-corrected chi connectivity index (χ1v) is 7.00. The van der Waals surface area contributed by atoms with Crippen molar-refractivity contribution >= 4 is 21.6 Å². The van der Waals surface area contributed by atoms with E-state index in [2.05, 4.69) is 10.0 Å². The van der Waals surface area contributed by atoms with E-state index in [1.165, 1.54) is 18.2 Å². The van der Waals surface area contributed by atoms with Crippen molar-refractivity contribution < 1.29 is 18.3 Å². The molecular formula is C10H15N3O4S. The Morgan fingerprint density at radius 1 is 1.39 bits per heavy atom. The Kier molecular flexibility index (Phi) is 4.51. The number of carbonyl (C=O) groups is 1. The lowest BCUT2D eigenvalue weighted by atomic mass is 10.2. The highest BCUT2D eigenvalue weighted by atomic mass is 32.2. The van der Waals surface area contributed by atoms with E-state index >= 15 is 0 Å². The molecule has 1 aromatic rings. The van der Waals surface area contributed by atoms with Crippen LogP contribution < -0.4 is 15.8 Å². The Labute approximate surface area is 105 Å². The molecule has 0 radical (unpaired) electrons. The van der Waals surface area contributed by atoms with Gasteiger partial charge in [-0.3, -0.25) is 4.79 Å². The quantitative estimate of drug-likeness (QED) is 0.319. The molecule has 0 spiro atoms. The van der Waals surface area contributed by atoms with E-state index in [0.29, 0.717) is 0 Å². The maximum Gasteiger partial charge on any atom is 0.251 e. The third kappa shape index (κ3) is 4.60. The van der Waals surface area contributed by atoms with Crippen LogP contribution in [0.4, 0.5) is 5.69 Å². The third-order valence-corrected chi connectivity index (χ3v) is 2.80. The van der Waals surface area contributed by atoms with Crippen molar-refractivity contribution in [2.45, 2.75) is 0 Å². The van der Waals surface area contributed by atoms with E-state index in [0.717, 1.165) is 6.26 Å². The molecule has 0 atom stereocenters. The summed E-state index contributed by atoms with van der Waals surface area (Å²) in [6.45, 7) is 0.253. The van der Waals surface area contributed by atoms with Crippen LogP contribution in [0.3, 0.4) is 0 Å². The average molecular weight is 273 g/mol. The zero-order valence-corrected chi connectivity index (χ0v) is 10.6. The number of carbonyl (C=O) groups excluding carboxylic acids is 1. The number of amides is 1. The lowest BCUT2D eigenvalue weighted by Crippen LogP contribution is -2.34. The molecule has 0 aliphatic rings. The summed E-state index contributed by atoms with van der Waals surface area (Å²) in [5.74, 6) is -0.586. The molecule has 0 aromatic heterocycles. The number of phenols is 1. The number of hydrogen-bond acceptors (Lipinski definition) is 5. The first-order chi connectivity index (χ1) is 8.29. The first-order valence-electron chi connectivity index (χ1n) is 5.11. The van der Waals surface area contributed by atoms with E-state index in [1.54, 1.807) is 0 Å². The standard InChI is InChI=1S/C10H15N3O4S/c1-18(16,17)13-5-4-12-10(15)7-2-3-8(11)9(14)6-7/h2-3,6,13-14H,4-5,11H2,1H3,(H,12,15). The minimum atomic E-state index is -3.26. The summed E-state index contributed by atoms with van der Waals surface area (Å²) in [6.07, 6.45) is 1.03. The predicted molar refractivity (Wildman–Crippen MR) is 67.7 cm³/mol. The molecule has 0 fully saturated rings. The number of benzene rings is 1. The van der Waals surface area contributed by atoms with Gasteiger partial charge in [0.2, 0.25) is 10.0 Å². The van der Waals surface area contributed by atoms with Crippen molar-refractivity contribution in [3.8, 4) is 5.75 Å². The van der Waals surface area contributed by atoms with Crippen LogP contribution in [0.1, 0.15) is 10.4 Å². The van der Waals surface area contributed by atoms with Gasteiger partial charge in [-0.1, -0.05) is 0 Å². The highest BCUT2D eigenvalue weighted by molar-refractivity contribution is 7.88. The van der Waals surface area contributed by atoms with E-state index in [1.807, 2.05) is 0 Å². The van der Waals surface area contributed by atoms with Crippen LogP contribution in [0.5, 0.6) is 5.75 Å². The predicted octanol–water partition coefficient (Wildman–Crippen LogP) is -0.747. The van der Waals surface area contributed by atoms with Crippen molar-refractivity contribution in [1.82, 2.24) is 10.0 Å². The fourth-order valence-electron chi connectivity index (χ4n) is 1.20. The Hall–Kier alpha value is -1.80. The molecule has 1 aromatic carbocycles. The van der Waals surface area contributed by atoms with Gasteiger partial charge in [-0.2, -0.15) is 0 Å². The molecule has 8 heteroatoms. The van der Waals surface area contributed by atoms with Gasteiger partial charge in [0.25, 0.3) is 5.91 Å². The van der Waals surface area contributed by atoms with Crippen molar-refractivity contribution in [3.63, 3.8) is 0 Å². The molecule has 0 bridgehead atoms. The fourth-order valence-corrected chi connectivity index (χ4v) is 1.67. The van der Waals surface area contributed by atoms with E-state index in [-0.39, 0.29) is 30.1 Å². The van der Waals surface area contributed by atoms with E-state index < -0.39 is 15.9 Å². The van der Waals surface area contributed by atoms with Gasteiger partial charge in [-0.05, 0) is 18.2 Å². The number of nitrogens with two attached hydrogens (primary N) is 1. The molecule has 0 unspecified atom stereocenters. The molecule has 0 saturated carbocycles. The van der Waals surface area contributed by atoms with Crippen LogP contribution in [-0.2, 0) is 10.0 Å². The summed E-state index contributed by atoms with van der Waals surface area (Å²) >= 11 is 0. The number of rotatable bonds is 5. The van der Waals surface area contributed by atoms with Crippen molar-refractivity contribution in [3.05, 3.63) is 23.8 Å². The lowest BCUT2D eigenvalue weighted by molar-refractivity contribution is 0.0954. The normalized spacial score (nSPS) is 11.2. The monoisotopic (exact) mass is 273 g/mol. The summed E-state index contributed by atoms with van der Waals surface area (Å²) in [6, 6.07) is 4.13. The maximum absolute atomic E-state index is 11.6. The number of anilines is 1. The van der Waals surface area contributed by atoms with Crippen LogP contribution in [-0.4, -0.2) is 38.8 Å². The van der Waals surface area contributed by atoms with Crippen LogP contribution in [0, 0.1) is 0 Å². The third-order valence-electron chi connectivity index (χ3n) is 2.07. The van der Waals surface area contributed by atoms with Crippen LogP contribution in [0.2, 0.25) is 0 Å². The second kappa shape index (κ2) is 5.69. The van der Waals surface area contributed by atoms with Gasteiger partial charge < -0.3 is 16.2 Å². The average Bonchev–Trinajstić information content (AvgIpc) is 2.26. The Morgan fingerprint density at radius 2 is 2.06 bits per heavy atom. The molecule has 0 heterocycles. The maximum atomic E-state index is 11.6. The largest absolute Gasteiger partial charge is 0.506 e. The Balaban J connectivity index is 2.48. The van der Waals surface area contributed by atoms with Gasteiger partial charge in [-0.25, -0.2) is 13.1 Å². The van der Waals surface area contributed by atoms with Gasteiger partial charge in [0, 0.05) is 18.7 Å². The Bertz CT molecular complexity index is 542. The lowest BCUT2D eigenvalue weighted by Gasteiger charge is -2.06. The topological polar surface area (TPSA) is 122 Å². The molecule has 18 heavy (non-hydrogen) atoms. The molecule has 0 saturated heterocycles. The van der Waals surface area contributed by atoms with Gasteiger partial charge in [0.05, 0.1) is 11.9 Å². The van der Waals surface area contributed by atoms with E-state index in [9.17, 15) is 18.3 Å². The molecule has 5 N–H and O–H groups in total. The SMILES string of the molecule is CS(=O)(=O)NCCNC(=O)c1ccc(N)c(O)c1. The number of phenolic OH excluding ortho intramolecular Hbond substituents is 1. The summed E-state index contributed by atoms with van der Waals surface area (Å²) < 4.78 is 23.8. The van der Waals surface area contributed by atoms with Crippen molar-refractivity contribution in [1.29, 1.82) is 0 Å². The number of sulfonamides is 1. The summed E-state index contributed by atoms with van der Waals surface area (Å²) in [5.41, 5.74) is 5.84. The number of nitrogen functional groups attached to an aromatic ring is 1. The van der Waals surface area contributed by atoms with Crippen molar-refractivity contribution in [2.24, 2.45) is 0 Å². The van der Waals surface area contributed by atoms with Crippen LogP contribution >= 0.6 is 0 Å².